The van der Waals surface area contributed by atoms with Gasteiger partial charge in [0.15, 0.2) is 0 Å². The van der Waals surface area contributed by atoms with E-state index < -0.39 is 0 Å². The average Bonchev–Trinajstić information content (AvgIpc) is 2.74. The summed E-state index contributed by atoms with van der Waals surface area (Å²) in [6.45, 7) is 1.35. The highest BCUT2D eigenvalue weighted by atomic mass is 15.1. The van der Waals surface area contributed by atoms with E-state index in [0.29, 0.717) is 0 Å². The highest BCUT2D eigenvalue weighted by Gasteiger charge is 2.52. The van der Waals surface area contributed by atoms with Crippen LogP contribution >= 0.6 is 0 Å². The lowest BCUT2D eigenvalue weighted by Gasteiger charge is -2.30. The number of nitrogens with zero attached hydrogens (tertiary/aromatic N) is 1. The third kappa shape index (κ3) is 1.25. The molecule has 3 aliphatic rings. The summed E-state index contributed by atoms with van der Waals surface area (Å²) in [5.74, 6) is 5.62. The molecule has 5 unspecified atom stereocenters. The van der Waals surface area contributed by atoms with E-state index >= 15 is 0 Å². The molecule has 5 atom stereocenters. The van der Waals surface area contributed by atoms with Gasteiger partial charge in [-0.25, -0.2) is 0 Å². The van der Waals surface area contributed by atoms with Gasteiger partial charge in [0.05, 0.1) is 0 Å². The molecule has 80 valence electrons. The molecule has 0 spiro atoms. The molecule has 0 aliphatic heterocycles. The Morgan fingerprint density at radius 3 is 2.57 bits per heavy atom. The molecule has 0 heterocycles. The molecule has 3 fully saturated rings. The fraction of sp³-hybridized carbons (Fsp3) is 1.00. The molecule has 0 N–H and O–H groups in total. The van der Waals surface area contributed by atoms with Crippen molar-refractivity contribution < 1.29 is 0 Å². The Hall–Kier alpha value is -0.0400. The van der Waals surface area contributed by atoms with Gasteiger partial charge < -0.3 is 4.90 Å². The molecule has 14 heavy (non-hydrogen) atoms. The fourth-order valence-corrected chi connectivity index (χ4v) is 4.90. The zero-order valence-electron chi connectivity index (χ0n) is 9.58. The zero-order valence-corrected chi connectivity index (χ0v) is 9.58. The van der Waals surface area contributed by atoms with Crippen LogP contribution in [-0.4, -0.2) is 25.5 Å². The molecule has 3 rings (SSSR count). The fourth-order valence-electron chi connectivity index (χ4n) is 4.90. The van der Waals surface area contributed by atoms with E-state index in [4.69, 9.17) is 0 Å². The molecule has 0 amide bonds. The summed E-state index contributed by atoms with van der Waals surface area (Å²) in [5, 5.41) is 0. The first-order valence-corrected chi connectivity index (χ1v) is 6.40. The van der Waals surface area contributed by atoms with Gasteiger partial charge in [-0.15, -0.1) is 0 Å². The van der Waals surface area contributed by atoms with Crippen molar-refractivity contribution in [2.75, 3.05) is 20.6 Å². The Balaban J connectivity index is 1.73. The van der Waals surface area contributed by atoms with Gasteiger partial charge in [0, 0.05) is 6.54 Å². The quantitative estimate of drug-likeness (QED) is 0.651. The Labute approximate surface area is 87.9 Å². The van der Waals surface area contributed by atoms with Crippen LogP contribution in [0.25, 0.3) is 0 Å². The third-order valence-electron chi connectivity index (χ3n) is 5.17. The Morgan fingerprint density at radius 1 is 1.00 bits per heavy atom. The first kappa shape index (κ1) is 9.21. The maximum absolute atomic E-state index is 2.40. The van der Waals surface area contributed by atoms with Gasteiger partial charge in [-0.2, -0.15) is 0 Å². The number of hydrogen-bond donors (Lipinski definition) is 0. The van der Waals surface area contributed by atoms with Gasteiger partial charge in [0.25, 0.3) is 0 Å². The van der Waals surface area contributed by atoms with Crippen molar-refractivity contribution in [2.24, 2.45) is 29.6 Å². The Kier molecular flexibility index (Phi) is 2.12. The monoisotopic (exact) mass is 193 g/mol. The Morgan fingerprint density at radius 2 is 1.79 bits per heavy atom. The summed E-state index contributed by atoms with van der Waals surface area (Å²) in [5.41, 5.74) is 0. The summed E-state index contributed by atoms with van der Waals surface area (Å²) < 4.78 is 0. The van der Waals surface area contributed by atoms with Gasteiger partial charge in [-0.05, 0) is 75.8 Å². The molecule has 1 nitrogen and oxygen atoms in total. The molecule has 0 aromatic carbocycles. The van der Waals surface area contributed by atoms with Crippen LogP contribution in [0.3, 0.4) is 0 Å². The van der Waals surface area contributed by atoms with Crippen LogP contribution in [0.1, 0.15) is 32.1 Å². The van der Waals surface area contributed by atoms with E-state index in [2.05, 4.69) is 19.0 Å². The molecule has 3 saturated carbocycles. The smallest absolute Gasteiger partial charge is 0.000642 e. The summed E-state index contributed by atoms with van der Waals surface area (Å²) in [4.78, 5) is 2.40. The van der Waals surface area contributed by atoms with Gasteiger partial charge in [0.1, 0.15) is 0 Å². The highest BCUT2D eigenvalue weighted by molar-refractivity contribution is 5.02. The van der Waals surface area contributed by atoms with Crippen LogP contribution in [0, 0.1) is 29.6 Å². The second-order valence-electron chi connectivity index (χ2n) is 6.17. The number of hydrogen-bond acceptors (Lipinski definition) is 1. The van der Waals surface area contributed by atoms with Crippen molar-refractivity contribution in [3.05, 3.63) is 0 Å². The molecule has 0 aromatic heterocycles. The highest BCUT2D eigenvalue weighted by Crippen LogP contribution is 2.60. The van der Waals surface area contributed by atoms with Crippen molar-refractivity contribution >= 4 is 0 Å². The largest absolute Gasteiger partial charge is 0.309 e. The maximum Gasteiger partial charge on any atom is 0.000642 e. The molecule has 3 aliphatic carbocycles. The maximum atomic E-state index is 2.40. The molecular weight excluding hydrogens is 170 g/mol. The number of rotatable bonds is 2. The van der Waals surface area contributed by atoms with E-state index in [-0.39, 0.29) is 0 Å². The second-order valence-corrected chi connectivity index (χ2v) is 6.17. The van der Waals surface area contributed by atoms with Crippen LogP contribution in [0.2, 0.25) is 0 Å². The van der Waals surface area contributed by atoms with Gasteiger partial charge >= 0.3 is 0 Å². The minimum absolute atomic E-state index is 1.05. The Bertz CT molecular complexity index is 223. The lowest BCUT2D eigenvalue weighted by atomic mass is 9.78. The van der Waals surface area contributed by atoms with Gasteiger partial charge in [-0.3, -0.25) is 0 Å². The van der Waals surface area contributed by atoms with E-state index in [1.165, 1.54) is 13.0 Å². The van der Waals surface area contributed by atoms with Crippen LogP contribution in [0.4, 0.5) is 0 Å². The summed E-state index contributed by atoms with van der Waals surface area (Å²) >= 11 is 0. The predicted octanol–water partition coefficient (Wildman–Crippen LogP) is 2.62. The van der Waals surface area contributed by atoms with Crippen molar-refractivity contribution in [3.8, 4) is 0 Å². The van der Waals surface area contributed by atoms with E-state index in [9.17, 15) is 0 Å². The third-order valence-corrected chi connectivity index (χ3v) is 5.17. The van der Waals surface area contributed by atoms with Crippen molar-refractivity contribution in [1.29, 1.82) is 0 Å². The molecule has 0 radical (unpaired) electrons. The summed E-state index contributed by atoms with van der Waals surface area (Å²) in [6, 6.07) is 0. The zero-order chi connectivity index (χ0) is 9.71. The van der Waals surface area contributed by atoms with Crippen molar-refractivity contribution in [2.45, 2.75) is 32.1 Å². The summed E-state index contributed by atoms with van der Waals surface area (Å²) in [7, 11) is 4.47. The minimum Gasteiger partial charge on any atom is -0.309 e. The molecular formula is C13H23N. The molecule has 0 saturated heterocycles. The lowest BCUT2D eigenvalue weighted by molar-refractivity contribution is 0.182. The van der Waals surface area contributed by atoms with Gasteiger partial charge in [0.2, 0.25) is 0 Å². The van der Waals surface area contributed by atoms with Crippen molar-refractivity contribution in [1.82, 2.24) is 4.90 Å². The lowest BCUT2D eigenvalue weighted by Crippen LogP contribution is -2.29. The first-order valence-electron chi connectivity index (χ1n) is 6.40. The van der Waals surface area contributed by atoms with Gasteiger partial charge in [-0.1, -0.05) is 0 Å². The molecule has 0 aromatic rings. The topological polar surface area (TPSA) is 3.24 Å². The van der Waals surface area contributed by atoms with E-state index in [0.717, 1.165) is 29.6 Å². The SMILES string of the molecule is CN(C)CC1CCC2C3CCC(C3)C12. The number of fused-ring (bicyclic) bond motifs is 5. The van der Waals surface area contributed by atoms with E-state index in [1.54, 1.807) is 25.7 Å². The minimum atomic E-state index is 1.05. The second kappa shape index (κ2) is 3.23. The standard InChI is InChI=1S/C13H23N/c1-14(2)8-11-5-6-12-9-3-4-10(7-9)13(11)12/h9-13H,3-8H2,1-2H3. The average molecular weight is 193 g/mol. The van der Waals surface area contributed by atoms with Crippen LogP contribution < -0.4 is 0 Å². The predicted molar refractivity (Wildman–Crippen MR) is 59.1 cm³/mol. The summed E-state index contributed by atoms with van der Waals surface area (Å²) in [6.07, 6.45) is 7.82. The van der Waals surface area contributed by atoms with Crippen LogP contribution in [-0.2, 0) is 0 Å². The van der Waals surface area contributed by atoms with E-state index in [1.807, 2.05) is 0 Å². The van der Waals surface area contributed by atoms with Crippen LogP contribution in [0.15, 0.2) is 0 Å². The molecule has 1 heteroatoms. The van der Waals surface area contributed by atoms with Crippen molar-refractivity contribution in [3.63, 3.8) is 0 Å². The molecule has 2 bridgehead atoms. The normalized spacial score (nSPS) is 50.4. The van der Waals surface area contributed by atoms with Crippen LogP contribution in [0.5, 0.6) is 0 Å². The first-order chi connectivity index (χ1) is 6.75.